The van der Waals surface area contributed by atoms with Crippen LogP contribution in [0.15, 0.2) is 0 Å². The van der Waals surface area contributed by atoms with E-state index in [-0.39, 0.29) is 0 Å². The zero-order chi connectivity index (χ0) is 9.17. The van der Waals surface area contributed by atoms with Crippen LogP contribution in [0.3, 0.4) is 0 Å². The summed E-state index contributed by atoms with van der Waals surface area (Å²) in [7, 11) is 0. The average Bonchev–Trinajstić information content (AvgIpc) is 2.98. The lowest BCUT2D eigenvalue weighted by atomic mass is 9.82. The van der Waals surface area contributed by atoms with Gasteiger partial charge in [-0.1, -0.05) is 0 Å². The van der Waals surface area contributed by atoms with Crippen LogP contribution in [-0.4, -0.2) is 29.4 Å². The minimum atomic E-state index is 0.523. The van der Waals surface area contributed by atoms with E-state index in [4.69, 9.17) is 0 Å². The predicted molar refractivity (Wildman–Crippen MR) is 59.2 cm³/mol. The van der Waals surface area contributed by atoms with E-state index >= 15 is 0 Å². The number of rotatable bonds is 1. The zero-order valence-corrected chi connectivity index (χ0v) is 9.20. The number of hydrogen-bond donors (Lipinski definition) is 2. The first-order valence-corrected chi connectivity index (χ1v) is 6.76. The van der Waals surface area contributed by atoms with Crippen molar-refractivity contribution >= 4 is 11.8 Å². The summed E-state index contributed by atoms with van der Waals surface area (Å²) in [6.07, 6.45) is 7.07. The van der Waals surface area contributed by atoms with Gasteiger partial charge in [0, 0.05) is 34.7 Å². The van der Waals surface area contributed by atoms with Crippen LogP contribution in [0.2, 0.25) is 0 Å². The predicted octanol–water partition coefficient (Wildman–Crippen LogP) is 1.28. The first-order chi connectivity index (χ1) is 6.86. The number of nitrogens with one attached hydrogen (secondary N) is 2. The van der Waals surface area contributed by atoms with E-state index in [1.54, 1.807) is 5.25 Å². The third kappa shape index (κ3) is 0.961. The molecule has 4 rings (SSSR count). The molecule has 0 aromatic rings. The molecule has 14 heavy (non-hydrogen) atoms. The SMILES string of the molecule is C1NC2C[C]1SC2C12CCC(CC1)N2. The standard InChI is InChI=1S/C11H17N2S/c1-3-11(4-2-7(1)13-11)10-9-5-8(14-10)6-12-9/h7,9-10,12-13H,1-6H2. The molecule has 0 saturated carbocycles. The topological polar surface area (TPSA) is 24.1 Å². The Bertz CT molecular complexity index is 260. The van der Waals surface area contributed by atoms with E-state index in [0.717, 1.165) is 17.3 Å². The second-order valence-corrected chi connectivity index (χ2v) is 6.66. The van der Waals surface area contributed by atoms with Crippen LogP contribution in [0.5, 0.6) is 0 Å². The molecule has 4 fully saturated rings. The molecule has 2 nitrogen and oxygen atoms in total. The summed E-state index contributed by atoms with van der Waals surface area (Å²) in [6.45, 7) is 1.19. The van der Waals surface area contributed by atoms with Gasteiger partial charge in [0.25, 0.3) is 0 Å². The molecule has 4 saturated heterocycles. The van der Waals surface area contributed by atoms with Crippen LogP contribution >= 0.6 is 11.8 Å². The van der Waals surface area contributed by atoms with Crippen LogP contribution < -0.4 is 10.6 Å². The van der Waals surface area contributed by atoms with Crippen molar-refractivity contribution in [2.24, 2.45) is 0 Å². The normalized spacial score (nSPS) is 56.1. The molecular formula is C11H17N2S. The van der Waals surface area contributed by atoms with Gasteiger partial charge in [-0.15, -0.1) is 11.8 Å². The van der Waals surface area contributed by atoms with Gasteiger partial charge >= 0.3 is 0 Å². The van der Waals surface area contributed by atoms with Crippen LogP contribution in [0, 0.1) is 5.25 Å². The minimum Gasteiger partial charge on any atom is -0.311 e. The zero-order valence-electron chi connectivity index (χ0n) is 8.38. The van der Waals surface area contributed by atoms with Crippen molar-refractivity contribution < 1.29 is 0 Å². The smallest absolute Gasteiger partial charge is 0.0463 e. The fourth-order valence-corrected chi connectivity index (χ4v) is 5.58. The van der Waals surface area contributed by atoms with Crippen molar-refractivity contribution in [1.29, 1.82) is 0 Å². The summed E-state index contributed by atoms with van der Waals surface area (Å²) in [6, 6.07) is 1.65. The van der Waals surface area contributed by atoms with Crippen LogP contribution in [0.4, 0.5) is 0 Å². The Balaban J connectivity index is 1.63. The maximum atomic E-state index is 3.89. The maximum Gasteiger partial charge on any atom is 0.0463 e. The second-order valence-electron chi connectivity index (χ2n) is 5.34. The summed E-state index contributed by atoms with van der Waals surface area (Å²) in [5, 5.41) is 10.1. The van der Waals surface area contributed by atoms with Crippen LogP contribution in [0.1, 0.15) is 32.1 Å². The van der Waals surface area contributed by atoms with Crippen molar-refractivity contribution in [1.82, 2.24) is 10.6 Å². The van der Waals surface area contributed by atoms with E-state index in [0.29, 0.717) is 5.54 Å². The molecule has 2 atom stereocenters. The Kier molecular flexibility index (Phi) is 1.62. The molecule has 2 unspecified atom stereocenters. The molecule has 2 N–H and O–H groups in total. The van der Waals surface area contributed by atoms with Gasteiger partial charge in [-0.2, -0.15) is 0 Å². The van der Waals surface area contributed by atoms with Gasteiger partial charge < -0.3 is 10.6 Å². The summed E-state index contributed by atoms with van der Waals surface area (Å²) < 4.78 is 0. The fraction of sp³-hybridized carbons (Fsp3) is 0.909. The molecule has 4 heterocycles. The highest BCUT2D eigenvalue weighted by atomic mass is 32.2. The minimum absolute atomic E-state index is 0.523. The highest BCUT2D eigenvalue weighted by molar-refractivity contribution is 8.03. The first-order valence-electron chi connectivity index (χ1n) is 5.88. The van der Waals surface area contributed by atoms with Crippen LogP contribution in [-0.2, 0) is 0 Å². The van der Waals surface area contributed by atoms with Crippen molar-refractivity contribution in [3.8, 4) is 0 Å². The van der Waals surface area contributed by atoms with Gasteiger partial charge in [0.2, 0.25) is 0 Å². The summed E-state index contributed by atoms with van der Waals surface area (Å²) >= 11 is 2.20. The van der Waals surface area contributed by atoms with E-state index in [1.165, 1.54) is 38.6 Å². The number of fused-ring (bicyclic) bond motifs is 4. The third-order valence-electron chi connectivity index (χ3n) is 4.58. The summed E-state index contributed by atoms with van der Waals surface area (Å²) in [5.41, 5.74) is 0.523. The van der Waals surface area contributed by atoms with E-state index in [1.807, 2.05) is 0 Å². The molecule has 1 radical (unpaired) electrons. The maximum absolute atomic E-state index is 3.89. The van der Waals surface area contributed by atoms with E-state index < -0.39 is 0 Å². The summed E-state index contributed by atoms with van der Waals surface area (Å²) in [4.78, 5) is 0. The Morgan fingerprint density at radius 1 is 1.29 bits per heavy atom. The van der Waals surface area contributed by atoms with Crippen molar-refractivity contribution in [2.45, 2.75) is 55.0 Å². The summed E-state index contributed by atoms with van der Waals surface area (Å²) in [5.74, 6) is 0. The molecule has 0 aromatic carbocycles. The van der Waals surface area contributed by atoms with Gasteiger partial charge in [0.15, 0.2) is 0 Å². The molecule has 4 aliphatic heterocycles. The Morgan fingerprint density at radius 2 is 2.14 bits per heavy atom. The molecule has 77 valence electrons. The Labute approximate surface area is 89.6 Å². The van der Waals surface area contributed by atoms with Gasteiger partial charge in [-0.3, -0.25) is 0 Å². The lowest BCUT2D eigenvalue weighted by Gasteiger charge is -2.38. The van der Waals surface area contributed by atoms with Crippen LogP contribution in [0.25, 0.3) is 0 Å². The molecular weight excluding hydrogens is 192 g/mol. The molecule has 4 aliphatic rings. The fourth-order valence-electron chi connectivity index (χ4n) is 3.89. The Hall–Kier alpha value is 0.270. The van der Waals surface area contributed by atoms with Gasteiger partial charge in [-0.05, 0) is 32.1 Å². The highest BCUT2D eigenvalue weighted by Gasteiger charge is 2.56. The number of hydrogen-bond acceptors (Lipinski definition) is 3. The molecule has 0 spiro atoms. The average molecular weight is 209 g/mol. The lowest BCUT2D eigenvalue weighted by molar-refractivity contribution is 0.333. The first kappa shape index (κ1) is 8.43. The molecule has 3 heteroatoms. The molecule has 0 aliphatic carbocycles. The quantitative estimate of drug-likeness (QED) is 0.680. The lowest BCUT2D eigenvalue weighted by Crippen LogP contribution is -2.53. The van der Waals surface area contributed by atoms with Gasteiger partial charge in [0.1, 0.15) is 0 Å². The largest absolute Gasteiger partial charge is 0.311 e. The van der Waals surface area contributed by atoms with Crippen molar-refractivity contribution in [2.75, 3.05) is 6.54 Å². The Morgan fingerprint density at radius 3 is 2.64 bits per heavy atom. The molecule has 0 aromatic heterocycles. The molecule has 0 amide bonds. The van der Waals surface area contributed by atoms with Crippen molar-refractivity contribution in [3.05, 3.63) is 5.25 Å². The van der Waals surface area contributed by atoms with E-state index in [9.17, 15) is 0 Å². The number of thioether (sulfide) groups is 1. The monoisotopic (exact) mass is 209 g/mol. The van der Waals surface area contributed by atoms with E-state index in [2.05, 4.69) is 22.4 Å². The molecule has 4 bridgehead atoms. The third-order valence-corrected chi connectivity index (χ3v) is 6.26. The second kappa shape index (κ2) is 2.69. The van der Waals surface area contributed by atoms with Gasteiger partial charge in [0.05, 0.1) is 0 Å². The van der Waals surface area contributed by atoms with Crippen molar-refractivity contribution in [3.63, 3.8) is 0 Å². The highest BCUT2D eigenvalue weighted by Crippen LogP contribution is 2.54. The van der Waals surface area contributed by atoms with Gasteiger partial charge in [-0.25, -0.2) is 0 Å².